The Labute approximate surface area is 246 Å². The van der Waals surface area contributed by atoms with E-state index in [0.717, 1.165) is 38.2 Å². The number of anilines is 1. The summed E-state index contributed by atoms with van der Waals surface area (Å²) in [6, 6.07) is 9.84. The SMILES string of the molecule is CC[C@@H](C)Oc1ccc(C(=O)N2CCN(C(=O)c3cc(F)cc(N4CCNCC4)c3)CC2)cc1C1CCC(F)(F)CC1. The third kappa shape index (κ3) is 7.02. The first-order valence-electron chi connectivity index (χ1n) is 15.2. The standard InChI is InChI=1S/C32H41F3N4O3/c1-3-22(2)42-29-5-4-24(20-28(29)23-6-8-32(34,35)9-7-23)30(40)38-14-16-39(17-15-38)31(41)25-18-26(33)21-27(19-25)37-12-10-36-11-13-37/h4-5,18-23,36H,3,6-17H2,1-2H3/t22-/m1/s1. The summed E-state index contributed by atoms with van der Waals surface area (Å²) in [6.45, 7) is 8.47. The zero-order chi connectivity index (χ0) is 29.9. The molecule has 1 atom stereocenters. The highest BCUT2D eigenvalue weighted by atomic mass is 19.3. The summed E-state index contributed by atoms with van der Waals surface area (Å²) in [4.78, 5) is 32.3. The first kappa shape index (κ1) is 30.2. The zero-order valence-electron chi connectivity index (χ0n) is 24.5. The third-order valence-corrected chi connectivity index (χ3v) is 8.78. The molecule has 2 aromatic carbocycles. The second kappa shape index (κ2) is 12.9. The number of amides is 2. The molecule has 1 N–H and O–H groups in total. The molecular weight excluding hydrogens is 545 g/mol. The van der Waals surface area contributed by atoms with Gasteiger partial charge in [0.15, 0.2) is 0 Å². The van der Waals surface area contributed by atoms with E-state index < -0.39 is 11.7 Å². The van der Waals surface area contributed by atoms with Gasteiger partial charge in [-0.05, 0) is 74.1 Å². The molecule has 42 heavy (non-hydrogen) atoms. The van der Waals surface area contributed by atoms with Gasteiger partial charge >= 0.3 is 0 Å². The fraction of sp³-hybridized carbons (Fsp3) is 0.562. The van der Waals surface area contributed by atoms with Gasteiger partial charge in [-0.2, -0.15) is 0 Å². The van der Waals surface area contributed by atoms with E-state index in [1.54, 1.807) is 28.0 Å². The summed E-state index contributed by atoms with van der Waals surface area (Å²) in [7, 11) is 0. The van der Waals surface area contributed by atoms with Gasteiger partial charge in [-0.1, -0.05) is 6.92 Å². The molecule has 2 aromatic rings. The normalized spacial score (nSPS) is 20.4. The number of carbonyl (C=O) groups is 2. The first-order chi connectivity index (χ1) is 20.1. The van der Waals surface area contributed by atoms with Crippen molar-refractivity contribution in [2.75, 3.05) is 57.3 Å². The predicted molar refractivity (Wildman–Crippen MR) is 156 cm³/mol. The smallest absolute Gasteiger partial charge is 0.254 e. The van der Waals surface area contributed by atoms with Crippen LogP contribution in [0.4, 0.5) is 18.9 Å². The van der Waals surface area contributed by atoms with Crippen LogP contribution >= 0.6 is 0 Å². The number of hydrogen-bond acceptors (Lipinski definition) is 5. The highest BCUT2D eigenvalue weighted by Crippen LogP contribution is 2.44. The van der Waals surface area contributed by atoms with Crippen molar-refractivity contribution in [3.63, 3.8) is 0 Å². The van der Waals surface area contributed by atoms with Crippen molar-refractivity contribution in [3.8, 4) is 5.75 Å². The largest absolute Gasteiger partial charge is 0.490 e. The van der Waals surface area contributed by atoms with Crippen LogP contribution in [0.5, 0.6) is 5.75 Å². The highest BCUT2D eigenvalue weighted by Gasteiger charge is 2.37. The Balaban J connectivity index is 1.26. The number of nitrogens with zero attached hydrogens (tertiary/aromatic N) is 3. The Bertz CT molecular complexity index is 1270. The van der Waals surface area contributed by atoms with Crippen LogP contribution in [0.2, 0.25) is 0 Å². The van der Waals surface area contributed by atoms with Gasteiger partial charge in [0, 0.05) is 82.0 Å². The van der Waals surface area contributed by atoms with Gasteiger partial charge in [0.05, 0.1) is 6.10 Å². The minimum absolute atomic E-state index is 0.0352. The molecule has 3 fully saturated rings. The van der Waals surface area contributed by atoms with Crippen LogP contribution < -0.4 is 15.0 Å². The molecule has 0 spiro atoms. The van der Waals surface area contributed by atoms with Gasteiger partial charge in [0.2, 0.25) is 5.92 Å². The molecule has 2 saturated heterocycles. The molecule has 7 nitrogen and oxygen atoms in total. The average molecular weight is 587 g/mol. The van der Waals surface area contributed by atoms with Crippen molar-refractivity contribution in [1.82, 2.24) is 15.1 Å². The van der Waals surface area contributed by atoms with Crippen molar-refractivity contribution in [2.24, 2.45) is 0 Å². The maximum Gasteiger partial charge on any atom is 0.254 e. The fourth-order valence-corrected chi connectivity index (χ4v) is 6.04. The molecule has 1 saturated carbocycles. The van der Waals surface area contributed by atoms with Crippen molar-refractivity contribution < 1.29 is 27.5 Å². The Morgan fingerprint density at radius 3 is 2.17 bits per heavy atom. The Hall–Kier alpha value is -3.27. The van der Waals surface area contributed by atoms with E-state index in [9.17, 15) is 22.8 Å². The van der Waals surface area contributed by atoms with Crippen molar-refractivity contribution in [1.29, 1.82) is 0 Å². The number of piperazine rings is 2. The Morgan fingerprint density at radius 2 is 1.55 bits per heavy atom. The van der Waals surface area contributed by atoms with E-state index in [0.29, 0.717) is 61.6 Å². The summed E-state index contributed by atoms with van der Waals surface area (Å²) in [5, 5.41) is 3.27. The van der Waals surface area contributed by atoms with Crippen LogP contribution in [0.3, 0.4) is 0 Å². The number of ether oxygens (including phenoxy) is 1. The van der Waals surface area contributed by atoms with Crippen LogP contribution in [0.1, 0.15) is 78.1 Å². The quantitative estimate of drug-likeness (QED) is 0.477. The van der Waals surface area contributed by atoms with Gasteiger partial charge in [0.25, 0.3) is 11.8 Å². The van der Waals surface area contributed by atoms with E-state index >= 15 is 0 Å². The summed E-state index contributed by atoms with van der Waals surface area (Å²) >= 11 is 0. The molecule has 2 aliphatic heterocycles. The highest BCUT2D eigenvalue weighted by molar-refractivity contribution is 5.96. The van der Waals surface area contributed by atoms with Gasteiger partial charge in [-0.25, -0.2) is 13.2 Å². The van der Waals surface area contributed by atoms with Gasteiger partial charge in [-0.15, -0.1) is 0 Å². The maximum atomic E-state index is 14.5. The van der Waals surface area contributed by atoms with E-state index in [1.165, 1.54) is 12.1 Å². The summed E-state index contributed by atoms with van der Waals surface area (Å²) in [5.41, 5.74) is 2.32. The number of alkyl halides is 2. The lowest BCUT2D eigenvalue weighted by Crippen LogP contribution is -2.50. The number of benzene rings is 2. The molecule has 2 heterocycles. The average Bonchev–Trinajstić information content (AvgIpc) is 3.01. The van der Waals surface area contributed by atoms with Crippen LogP contribution in [-0.4, -0.2) is 86.0 Å². The molecule has 5 rings (SSSR count). The van der Waals surface area contributed by atoms with Crippen molar-refractivity contribution in [3.05, 3.63) is 58.9 Å². The zero-order valence-corrected chi connectivity index (χ0v) is 24.5. The number of rotatable bonds is 7. The molecule has 0 unspecified atom stereocenters. The molecule has 0 bridgehead atoms. The molecule has 10 heteroatoms. The lowest BCUT2D eigenvalue weighted by atomic mass is 9.81. The van der Waals surface area contributed by atoms with E-state index in [4.69, 9.17) is 4.74 Å². The predicted octanol–water partition coefficient (Wildman–Crippen LogP) is 5.30. The maximum absolute atomic E-state index is 14.5. The molecule has 1 aliphatic carbocycles. The topological polar surface area (TPSA) is 65.1 Å². The lowest BCUT2D eigenvalue weighted by molar-refractivity contribution is -0.0384. The minimum Gasteiger partial charge on any atom is -0.490 e. The number of nitrogens with one attached hydrogen (secondary N) is 1. The van der Waals surface area contributed by atoms with Gasteiger partial charge in [-0.3, -0.25) is 9.59 Å². The molecule has 0 aromatic heterocycles. The Morgan fingerprint density at radius 1 is 0.929 bits per heavy atom. The Kier molecular flexibility index (Phi) is 9.30. The second-order valence-electron chi connectivity index (χ2n) is 11.7. The van der Waals surface area contributed by atoms with Crippen LogP contribution in [0.15, 0.2) is 36.4 Å². The summed E-state index contributed by atoms with van der Waals surface area (Å²) < 4.78 is 48.4. The second-order valence-corrected chi connectivity index (χ2v) is 11.7. The van der Waals surface area contributed by atoms with Crippen molar-refractivity contribution >= 4 is 17.5 Å². The molecule has 228 valence electrons. The molecule has 0 radical (unpaired) electrons. The van der Waals surface area contributed by atoms with E-state index in [-0.39, 0.29) is 36.7 Å². The molecule has 2 amide bonds. The van der Waals surface area contributed by atoms with E-state index in [1.807, 2.05) is 19.9 Å². The number of halogens is 3. The van der Waals surface area contributed by atoms with Crippen molar-refractivity contribution in [2.45, 2.75) is 63.9 Å². The first-order valence-corrected chi connectivity index (χ1v) is 15.2. The fourth-order valence-electron chi connectivity index (χ4n) is 6.04. The monoisotopic (exact) mass is 586 g/mol. The summed E-state index contributed by atoms with van der Waals surface area (Å²) in [5.74, 6) is -2.93. The molecule has 3 aliphatic rings. The summed E-state index contributed by atoms with van der Waals surface area (Å²) in [6.07, 6.45) is 1.12. The van der Waals surface area contributed by atoms with Gasteiger partial charge in [0.1, 0.15) is 11.6 Å². The lowest BCUT2D eigenvalue weighted by Gasteiger charge is -2.35. The van der Waals surface area contributed by atoms with Crippen LogP contribution in [0, 0.1) is 5.82 Å². The molecular formula is C32H41F3N4O3. The van der Waals surface area contributed by atoms with Gasteiger partial charge < -0.3 is 24.8 Å². The number of hydrogen-bond donors (Lipinski definition) is 1. The van der Waals surface area contributed by atoms with E-state index in [2.05, 4.69) is 10.2 Å². The number of carbonyl (C=O) groups excluding carboxylic acids is 2. The van der Waals surface area contributed by atoms with Crippen LogP contribution in [-0.2, 0) is 0 Å². The van der Waals surface area contributed by atoms with Crippen LogP contribution in [0.25, 0.3) is 0 Å². The third-order valence-electron chi connectivity index (χ3n) is 8.78. The minimum atomic E-state index is -2.64.